The minimum Gasteiger partial charge on any atom is -0.341 e. The van der Waals surface area contributed by atoms with E-state index in [1.165, 1.54) is 0 Å². The van der Waals surface area contributed by atoms with Crippen molar-refractivity contribution in [3.8, 4) is 0 Å². The third-order valence-corrected chi connectivity index (χ3v) is 4.30. The lowest BCUT2D eigenvalue weighted by atomic mass is 10.1. The number of halogens is 2. The Morgan fingerprint density at radius 3 is 2.24 bits per heavy atom. The fourth-order valence-electron chi connectivity index (χ4n) is 2.73. The van der Waals surface area contributed by atoms with Gasteiger partial charge in [-0.25, -0.2) is 0 Å². The first-order valence-corrected chi connectivity index (χ1v) is 7.76. The minimum atomic E-state index is -0.509. The predicted octanol–water partition coefficient (Wildman–Crippen LogP) is 5.18. The summed E-state index contributed by atoms with van der Waals surface area (Å²) in [6, 6.07) is 9.84. The molecule has 0 saturated heterocycles. The zero-order valence-electron chi connectivity index (χ0n) is 12.7. The molecule has 2 atom stereocenters. The van der Waals surface area contributed by atoms with Crippen LogP contribution in [0.5, 0.6) is 0 Å². The molecule has 2 unspecified atom stereocenters. The molecule has 2 nitrogen and oxygen atoms in total. The van der Waals surface area contributed by atoms with Crippen LogP contribution < -0.4 is 0 Å². The summed E-state index contributed by atoms with van der Waals surface area (Å²) in [5, 5.41) is 0.212. The second kappa shape index (κ2) is 6.25. The second-order valence-corrected chi connectivity index (χ2v) is 6.45. The van der Waals surface area contributed by atoms with Crippen molar-refractivity contribution in [2.75, 3.05) is 0 Å². The van der Waals surface area contributed by atoms with Crippen LogP contribution in [0.3, 0.4) is 0 Å². The second-order valence-electron chi connectivity index (χ2n) is 5.36. The van der Waals surface area contributed by atoms with Gasteiger partial charge in [-0.05, 0) is 51.5 Å². The summed E-state index contributed by atoms with van der Waals surface area (Å²) >= 11 is 11.9. The maximum Gasteiger partial charge on any atom is 0.182 e. The zero-order valence-corrected chi connectivity index (χ0v) is 14.2. The van der Waals surface area contributed by atoms with Gasteiger partial charge >= 0.3 is 0 Å². The molecule has 21 heavy (non-hydrogen) atoms. The highest BCUT2D eigenvalue weighted by molar-refractivity contribution is 6.33. The van der Waals surface area contributed by atoms with Crippen molar-refractivity contribution in [3.05, 3.63) is 57.9 Å². The summed E-state index contributed by atoms with van der Waals surface area (Å²) in [5.74, 6) is -0.0284. The number of hydrogen-bond acceptors (Lipinski definition) is 1. The van der Waals surface area contributed by atoms with Crippen molar-refractivity contribution in [2.45, 2.75) is 39.1 Å². The van der Waals surface area contributed by atoms with Crippen LogP contribution in [0.15, 0.2) is 30.3 Å². The number of carbonyl (C=O) groups excluding carboxylic acids is 1. The molecule has 1 aromatic carbocycles. The van der Waals surface area contributed by atoms with E-state index < -0.39 is 5.38 Å². The van der Waals surface area contributed by atoms with Gasteiger partial charge in [0, 0.05) is 22.0 Å². The number of hydrogen-bond donors (Lipinski definition) is 0. The van der Waals surface area contributed by atoms with Crippen LogP contribution in [0.4, 0.5) is 0 Å². The van der Waals surface area contributed by atoms with E-state index in [0.29, 0.717) is 5.56 Å². The third kappa shape index (κ3) is 3.17. The Morgan fingerprint density at radius 1 is 1.14 bits per heavy atom. The van der Waals surface area contributed by atoms with Gasteiger partial charge in [0.2, 0.25) is 0 Å². The van der Waals surface area contributed by atoms with Crippen LogP contribution >= 0.6 is 23.2 Å². The summed E-state index contributed by atoms with van der Waals surface area (Å²) in [5.41, 5.74) is 3.86. The number of Topliss-reactive ketones (excluding diaryl/α,β-unsaturated/α-hetero) is 1. The normalized spacial score (nSPS) is 14.0. The van der Waals surface area contributed by atoms with Gasteiger partial charge in [0.15, 0.2) is 5.78 Å². The highest BCUT2D eigenvalue weighted by Crippen LogP contribution is 2.27. The molecule has 0 bridgehead atoms. The highest BCUT2D eigenvalue weighted by Gasteiger charge is 2.21. The first-order valence-electron chi connectivity index (χ1n) is 6.95. The van der Waals surface area contributed by atoms with Gasteiger partial charge < -0.3 is 4.57 Å². The molecule has 0 N–H and O–H groups in total. The lowest BCUT2D eigenvalue weighted by Gasteiger charge is -2.19. The van der Waals surface area contributed by atoms with Gasteiger partial charge in [-0.2, -0.15) is 0 Å². The first-order chi connectivity index (χ1) is 9.82. The van der Waals surface area contributed by atoms with Gasteiger partial charge in [-0.15, -0.1) is 11.6 Å². The predicted molar refractivity (Wildman–Crippen MR) is 88.8 cm³/mol. The van der Waals surface area contributed by atoms with Crippen LogP contribution in [0.2, 0.25) is 5.02 Å². The first kappa shape index (κ1) is 16.1. The van der Waals surface area contributed by atoms with E-state index in [1.807, 2.05) is 44.2 Å². The average molecular weight is 324 g/mol. The SMILES string of the molecule is Cc1cc(C(=O)C(C)Cl)c(C)n1C(C)c1ccc(Cl)cc1. The van der Waals surface area contributed by atoms with Crippen LogP contribution in [0, 0.1) is 13.8 Å². The van der Waals surface area contributed by atoms with E-state index in [-0.39, 0.29) is 11.8 Å². The average Bonchev–Trinajstić information content (AvgIpc) is 2.73. The molecule has 0 aliphatic rings. The van der Waals surface area contributed by atoms with Gasteiger partial charge in [0.05, 0.1) is 11.4 Å². The number of aryl methyl sites for hydroxylation is 1. The van der Waals surface area contributed by atoms with Gasteiger partial charge in [0.25, 0.3) is 0 Å². The molecule has 0 spiro atoms. The number of carbonyl (C=O) groups is 1. The number of benzene rings is 1. The Hall–Kier alpha value is -1.25. The Labute approximate surface area is 135 Å². The maximum atomic E-state index is 12.2. The minimum absolute atomic E-state index is 0.0284. The Bertz CT molecular complexity index is 656. The van der Waals surface area contributed by atoms with Crippen molar-refractivity contribution in [1.82, 2.24) is 4.57 Å². The highest BCUT2D eigenvalue weighted by atomic mass is 35.5. The number of nitrogens with zero attached hydrogens (tertiary/aromatic N) is 1. The topological polar surface area (TPSA) is 22.0 Å². The van der Waals surface area contributed by atoms with Crippen molar-refractivity contribution < 1.29 is 4.79 Å². The quantitative estimate of drug-likeness (QED) is 0.561. The Morgan fingerprint density at radius 2 is 1.71 bits per heavy atom. The lowest BCUT2D eigenvalue weighted by Crippen LogP contribution is -2.14. The van der Waals surface area contributed by atoms with Gasteiger partial charge in [-0.1, -0.05) is 23.7 Å². The molecule has 2 aromatic rings. The summed E-state index contributed by atoms with van der Waals surface area (Å²) in [4.78, 5) is 12.2. The molecular weight excluding hydrogens is 305 g/mol. The molecule has 1 aromatic heterocycles. The van der Waals surface area contributed by atoms with Gasteiger partial charge in [0.1, 0.15) is 0 Å². The molecule has 0 radical (unpaired) electrons. The molecule has 0 aliphatic carbocycles. The van der Waals surface area contributed by atoms with Crippen LogP contribution in [-0.4, -0.2) is 15.7 Å². The van der Waals surface area contributed by atoms with Crippen molar-refractivity contribution in [1.29, 1.82) is 0 Å². The van der Waals surface area contributed by atoms with Crippen LogP contribution in [-0.2, 0) is 0 Å². The zero-order chi connectivity index (χ0) is 15.7. The smallest absolute Gasteiger partial charge is 0.182 e. The summed E-state index contributed by atoms with van der Waals surface area (Å²) in [6.45, 7) is 7.79. The van der Waals surface area contributed by atoms with Crippen molar-refractivity contribution in [3.63, 3.8) is 0 Å². The van der Waals surface area contributed by atoms with E-state index in [1.54, 1.807) is 6.92 Å². The maximum absolute atomic E-state index is 12.2. The molecule has 112 valence electrons. The number of ketones is 1. The van der Waals surface area contributed by atoms with Crippen LogP contribution in [0.1, 0.15) is 47.2 Å². The van der Waals surface area contributed by atoms with Crippen LogP contribution in [0.25, 0.3) is 0 Å². The van der Waals surface area contributed by atoms with Crippen molar-refractivity contribution in [2.24, 2.45) is 0 Å². The lowest BCUT2D eigenvalue weighted by molar-refractivity contribution is 0.0991. The molecule has 0 saturated carbocycles. The molecule has 0 aliphatic heterocycles. The molecule has 4 heteroatoms. The summed E-state index contributed by atoms with van der Waals surface area (Å²) in [6.07, 6.45) is 0. The standard InChI is InChI=1S/C17H19Cl2NO/c1-10-9-16(17(21)11(2)18)13(4)20(10)12(3)14-5-7-15(19)8-6-14/h5-9,11-12H,1-4H3. The number of aromatic nitrogens is 1. The molecular formula is C17H19Cl2NO. The van der Waals surface area contributed by atoms with E-state index in [2.05, 4.69) is 11.5 Å². The summed E-state index contributed by atoms with van der Waals surface area (Å²) in [7, 11) is 0. The molecule has 0 amide bonds. The monoisotopic (exact) mass is 323 g/mol. The third-order valence-electron chi connectivity index (χ3n) is 3.85. The number of alkyl halides is 1. The largest absolute Gasteiger partial charge is 0.341 e. The fraction of sp³-hybridized carbons (Fsp3) is 0.353. The van der Waals surface area contributed by atoms with Gasteiger partial charge in [-0.3, -0.25) is 4.79 Å². The Kier molecular flexibility index (Phi) is 4.80. The molecule has 0 fully saturated rings. The van der Waals surface area contributed by atoms with Crippen molar-refractivity contribution >= 4 is 29.0 Å². The molecule has 1 heterocycles. The van der Waals surface area contributed by atoms with E-state index in [4.69, 9.17) is 23.2 Å². The number of rotatable bonds is 4. The fourth-order valence-corrected chi connectivity index (χ4v) is 2.97. The molecule has 2 rings (SSSR count). The van der Waals surface area contributed by atoms with E-state index in [0.717, 1.165) is 22.0 Å². The Balaban J connectivity index is 2.44. The van der Waals surface area contributed by atoms with E-state index in [9.17, 15) is 4.79 Å². The van der Waals surface area contributed by atoms with E-state index >= 15 is 0 Å². The summed E-state index contributed by atoms with van der Waals surface area (Å²) < 4.78 is 2.16.